The van der Waals surface area contributed by atoms with Gasteiger partial charge in [-0.2, -0.15) is 11.8 Å². The molecule has 0 atom stereocenters. The van der Waals surface area contributed by atoms with E-state index in [1.165, 1.54) is 0 Å². The van der Waals surface area contributed by atoms with Crippen LogP contribution in [0.2, 0.25) is 5.02 Å². The molecule has 2 aromatic carbocycles. The highest BCUT2D eigenvalue weighted by Gasteiger charge is 2.15. The number of nitrogens with one attached hydrogen (secondary N) is 1. The molecule has 1 amide bonds. The van der Waals surface area contributed by atoms with Gasteiger partial charge in [0.15, 0.2) is 0 Å². The van der Waals surface area contributed by atoms with Crippen LogP contribution in [0.25, 0.3) is 0 Å². The number of para-hydroxylation sites is 1. The summed E-state index contributed by atoms with van der Waals surface area (Å²) in [5, 5.41) is 3.61. The average molecular weight is 376 g/mol. The number of thioether (sulfide) groups is 1. The molecule has 0 spiro atoms. The standard InChI is InChI=1S/C19H22ClN3OS/c1-22(16-5-3-2-4-6-16)14-19(24)21-15-7-8-18(17(20)13-15)23-9-11-25-12-10-23/h2-8,13H,9-12,14H2,1H3,(H,21,24). The normalized spacial score (nSPS) is 14.2. The van der Waals surface area contributed by atoms with Crippen LogP contribution in [0.1, 0.15) is 0 Å². The Morgan fingerprint density at radius 2 is 1.92 bits per heavy atom. The number of anilines is 3. The van der Waals surface area contributed by atoms with Crippen LogP contribution in [0, 0.1) is 0 Å². The zero-order valence-electron chi connectivity index (χ0n) is 14.2. The molecular formula is C19H22ClN3OS. The van der Waals surface area contributed by atoms with E-state index in [9.17, 15) is 4.79 Å². The number of benzene rings is 2. The van der Waals surface area contributed by atoms with E-state index in [1.807, 2.05) is 72.2 Å². The number of rotatable bonds is 5. The highest BCUT2D eigenvalue weighted by Crippen LogP contribution is 2.30. The number of nitrogens with zero attached hydrogens (tertiary/aromatic N) is 2. The lowest BCUT2D eigenvalue weighted by Gasteiger charge is -2.29. The van der Waals surface area contributed by atoms with Crippen LogP contribution in [0.4, 0.5) is 17.1 Å². The van der Waals surface area contributed by atoms with Gasteiger partial charge in [-0.25, -0.2) is 0 Å². The van der Waals surface area contributed by atoms with Crippen LogP contribution in [0.15, 0.2) is 48.5 Å². The molecule has 132 valence electrons. The fourth-order valence-corrected chi connectivity index (χ4v) is 4.04. The van der Waals surface area contributed by atoms with Gasteiger partial charge in [0, 0.05) is 43.0 Å². The molecule has 0 saturated carbocycles. The van der Waals surface area contributed by atoms with Gasteiger partial charge in [-0.3, -0.25) is 4.79 Å². The van der Waals surface area contributed by atoms with E-state index in [0.29, 0.717) is 5.02 Å². The maximum Gasteiger partial charge on any atom is 0.243 e. The summed E-state index contributed by atoms with van der Waals surface area (Å²) in [6.45, 7) is 2.31. The first-order valence-corrected chi connectivity index (χ1v) is 9.85. The Labute approximate surface area is 158 Å². The summed E-state index contributed by atoms with van der Waals surface area (Å²) in [7, 11) is 1.90. The number of amides is 1. The number of hydrogen-bond acceptors (Lipinski definition) is 4. The van der Waals surface area contributed by atoms with Gasteiger partial charge < -0.3 is 15.1 Å². The van der Waals surface area contributed by atoms with Gasteiger partial charge in [-0.1, -0.05) is 29.8 Å². The number of halogens is 1. The van der Waals surface area contributed by atoms with Crippen molar-refractivity contribution in [3.05, 3.63) is 53.6 Å². The minimum atomic E-state index is -0.0652. The lowest BCUT2D eigenvalue weighted by atomic mass is 10.2. The number of hydrogen-bond donors (Lipinski definition) is 1. The van der Waals surface area contributed by atoms with Crippen molar-refractivity contribution in [3.8, 4) is 0 Å². The largest absolute Gasteiger partial charge is 0.369 e. The monoisotopic (exact) mass is 375 g/mol. The van der Waals surface area contributed by atoms with Crippen LogP contribution in [-0.2, 0) is 4.79 Å². The molecule has 0 unspecified atom stereocenters. The molecule has 0 aliphatic carbocycles. The van der Waals surface area contributed by atoms with E-state index in [4.69, 9.17) is 11.6 Å². The van der Waals surface area contributed by atoms with Gasteiger partial charge in [0.2, 0.25) is 5.91 Å². The third-order valence-electron chi connectivity index (χ3n) is 4.16. The molecule has 1 heterocycles. The summed E-state index contributed by atoms with van der Waals surface area (Å²) in [6.07, 6.45) is 0. The highest BCUT2D eigenvalue weighted by molar-refractivity contribution is 7.99. The number of carbonyl (C=O) groups is 1. The third-order valence-corrected chi connectivity index (χ3v) is 5.41. The SMILES string of the molecule is CN(CC(=O)Nc1ccc(N2CCSCC2)c(Cl)c1)c1ccccc1. The minimum Gasteiger partial charge on any atom is -0.369 e. The fourth-order valence-electron chi connectivity index (χ4n) is 2.84. The molecule has 25 heavy (non-hydrogen) atoms. The summed E-state index contributed by atoms with van der Waals surface area (Å²) in [6, 6.07) is 15.6. The molecule has 1 fully saturated rings. The molecule has 1 saturated heterocycles. The summed E-state index contributed by atoms with van der Waals surface area (Å²) < 4.78 is 0. The van der Waals surface area contributed by atoms with E-state index >= 15 is 0 Å². The third kappa shape index (κ3) is 4.83. The zero-order chi connectivity index (χ0) is 17.6. The molecular weight excluding hydrogens is 354 g/mol. The second-order valence-electron chi connectivity index (χ2n) is 6.01. The van der Waals surface area contributed by atoms with E-state index < -0.39 is 0 Å². The molecule has 1 aliphatic heterocycles. The van der Waals surface area contributed by atoms with Crippen molar-refractivity contribution in [2.24, 2.45) is 0 Å². The molecule has 0 radical (unpaired) electrons. The summed E-state index contributed by atoms with van der Waals surface area (Å²) in [5.74, 6) is 2.19. The predicted molar refractivity (Wildman–Crippen MR) is 109 cm³/mol. The topological polar surface area (TPSA) is 35.6 Å². The average Bonchev–Trinajstić information content (AvgIpc) is 2.63. The Hall–Kier alpha value is -1.85. The molecule has 4 nitrogen and oxygen atoms in total. The Kier molecular flexibility index (Phi) is 6.10. The number of likely N-dealkylation sites (N-methyl/N-ethyl adjacent to an activating group) is 1. The predicted octanol–water partition coefficient (Wildman–Crippen LogP) is 3.97. The van der Waals surface area contributed by atoms with Crippen LogP contribution < -0.4 is 15.1 Å². The van der Waals surface area contributed by atoms with Gasteiger partial charge in [-0.15, -0.1) is 0 Å². The zero-order valence-corrected chi connectivity index (χ0v) is 15.8. The van der Waals surface area contributed by atoms with Crippen molar-refractivity contribution in [2.45, 2.75) is 0 Å². The molecule has 0 aromatic heterocycles. The number of carbonyl (C=O) groups excluding carboxylic acids is 1. The van der Waals surface area contributed by atoms with Gasteiger partial charge in [0.1, 0.15) is 0 Å². The van der Waals surface area contributed by atoms with Crippen molar-refractivity contribution in [1.82, 2.24) is 0 Å². The van der Waals surface area contributed by atoms with E-state index in [0.717, 1.165) is 41.7 Å². The van der Waals surface area contributed by atoms with Crippen molar-refractivity contribution in [2.75, 3.05) is 53.3 Å². The van der Waals surface area contributed by atoms with Crippen LogP contribution >= 0.6 is 23.4 Å². The fraction of sp³-hybridized carbons (Fsp3) is 0.316. The van der Waals surface area contributed by atoms with Crippen molar-refractivity contribution >= 4 is 46.3 Å². The summed E-state index contributed by atoms with van der Waals surface area (Å²) >= 11 is 8.41. The van der Waals surface area contributed by atoms with Crippen molar-refractivity contribution in [1.29, 1.82) is 0 Å². The maximum atomic E-state index is 12.3. The molecule has 1 aliphatic rings. The first-order chi connectivity index (χ1) is 12.1. The van der Waals surface area contributed by atoms with Gasteiger partial charge in [0.05, 0.1) is 17.3 Å². The van der Waals surface area contributed by atoms with Crippen molar-refractivity contribution < 1.29 is 4.79 Å². The molecule has 3 rings (SSSR count). The Morgan fingerprint density at radius 3 is 2.60 bits per heavy atom. The molecule has 2 aromatic rings. The lowest BCUT2D eigenvalue weighted by molar-refractivity contribution is -0.114. The summed E-state index contributed by atoms with van der Waals surface area (Å²) in [4.78, 5) is 16.5. The highest BCUT2D eigenvalue weighted by atomic mass is 35.5. The summed E-state index contributed by atoms with van der Waals surface area (Å²) in [5.41, 5.74) is 2.78. The van der Waals surface area contributed by atoms with Gasteiger partial charge in [-0.05, 0) is 30.3 Å². The smallest absolute Gasteiger partial charge is 0.243 e. The van der Waals surface area contributed by atoms with E-state index in [1.54, 1.807) is 0 Å². The van der Waals surface area contributed by atoms with Crippen LogP contribution in [0.5, 0.6) is 0 Å². The van der Waals surface area contributed by atoms with E-state index in [2.05, 4.69) is 10.2 Å². The first kappa shape index (κ1) is 18.0. The Bertz CT molecular complexity index is 720. The lowest BCUT2D eigenvalue weighted by Crippen LogP contribution is -2.32. The van der Waals surface area contributed by atoms with Crippen molar-refractivity contribution in [3.63, 3.8) is 0 Å². The quantitative estimate of drug-likeness (QED) is 0.857. The molecule has 1 N–H and O–H groups in total. The second-order valence-corrected chi connectivity index (χ2v) is 7.64. The second kappa shape index (κ2) is 8.50. The van der Waals surface area contributed by atoms with Crippen LogP contribution in [-0.4, -0.2) is 44.1 Å². The minimum absolute atomic E-state index is 0.0652. The Morgan fingerprint density at radius 1 is 1.20 bits per heavy atom. The van der Waals surface area contributed by atoms with E-state index in [-0.39, 0.29) is 12.5 Å². The Balaban J connectivity index is 1.60. The maximum absolute atomic E-state index is 12.3. The molecule has 0 bridgehead atoms. The first-order valence-electron chi connectivity index (χ1n) is 8.32. The van der Waals surface area contributed by atoms with Crippen LogP contribution in [0.3, 0.4) is 0 Å². The molecule has 6 heteroatoms. The van der Waals surface area contributed by atoms with Gasteiger partial charge >= 0.3 is 0 Å². The van der Waals surface area contributed by atoms with Gasteiger partial charge in [0.25, 0.3) is 0 Å².